The SMILES string of the molecule is C=CCC=C(NC(=O)C1CC1(C)C)C(=O)O. The zero-order chi connectivity index (χ0) is 12.3. The third kappa shape index (κ3) is 2.95. The molecule has 0 radical (unpaired) electrons. The molecule has 0 saturated heterocycles. The minimum atomic E-state index is -1.12. The van der Waals surface area contributed by atoms with E-state index in [9.17, 15) is 9.59 Å². The zero-order valence-electron chi connectivity index (χ0n) is 9.62. The van der Waals surface area contributed by atoms with Crippen LogP contribution in [0.25, 0.3) is 0 Å². The minimum Gasteiger partial charge on any atom is -0.477 e. The molecule has 1 amide bonds. The van der Waals surface area contributed by atoms with E-state index in [1.807, 2.05) is 13.8 Å². The van der Waals surface area contributed by atoms with E-state index < -0.39 is 5.97 Å². The summed E-state index contributed by atoms with van der Waals surface area (Å²) in [6.45, 7) is 7.47. The van der Waals surface area contributed by atoms with Gasteiger partial charge in [0.1, 0.15) is 5.70 Å². The van der Waals surface area contributed by atoms with E-state index in [2.05, 4.69) is 11.9 Å². The van der Waals surface area contributed by atoms with Crippen molar-refractivity contribution in [3.05, 3.63) is 24.4 Å². The lowest BCUT2D eigenvalue weighted by Gasteiger charge is -2.06. The average Bonchev–Trinajstić information content (AvgIpc) is 2.81. The van der Waals surface area contributed by atoms with Gasteiger partial charge in [0.25, 0.3) is 0 Å². The molecule has 1 unspecified atom stereocenters. The third-order valence-corrected chi connectivity index (χ3v) is 2.81. The fraction of sp³-hybridized carbons (Fsp3) is 0.500. The molecule has 4 heteroatoms. The monoisotopic (exact) mass is 223 g/mol. The Morgan fingerprint density at radius 1 is 1.56 bits per heavy atom. The van der Waals surface area contributed by atoms with Crippen molar-refractivity contribution in [1.29, 1.82) is 0 Å². The molecule has 1 atom stereocenters. The molecule has 0 aliphatic heterocycles. The van der Waals surface area contributed by atoms with Gasteiger partial charge in [0, 0.05) is 5.92 Å². The summed E-state index contributed by atoms with van der Waals surface area (Å²) in [5.74, 6) is -1.39. The van der Waals surface area contributed by atoms with Gasteiger partial charge < -0.3 is 10.4 Å². The van der Waals surface area contributed by atoms with Crippen LogP contribution in [-0.2, 0) is 9.59 Å². The fourth-order valence-electron chi connectivity index (χ4n) is 1.53. The van der Waals surface area contributed by atoms with Crippen molar-refractivity contribution in [1.82, 2.24) is 5.32 Å². The van der Waals surface area contributed by atoms with Gasteiger partial charge in [0.15, 0.2) is 0 Å². The lowest BCUT2D eigenvalue weighted by Crippen LogP contribution is -2.29. The molecule has 0 aromatic heterocycles. The molecular weight excluding hydrogens is 206 g/mol. The van der Waals surface area contributed by atoms with E-state index in [1.165, 1.54) is 6.08 Å². The molecule has 1 rings (SSSR count). The molecular formula is C12H17NO3. The van der Waals surface area contributed by atoms with Crippen LogP contribution in [0, 0.1) is 11.3 Å². The standard InChI is InChI=1S/C12H17NO3/c1-4-5-6-9(11(15)16)13-10(14)8-7-12(8,2)3/h4,6,8H,1,5,7H2,2-3H3,(H,13,14)(H,15,16). The van der Waals surface area contributed by atoms with Crippen LogP contribution in [0.3, 0.4) is 0 Å². The molecule has 0 bridgehead atoms. The van der Waals surface area contributed by atoms with Gasteiger partial charge >= 0.3 is 5.97 Å². The van der Waals surface area contributed by atoms with Crippen LogP contribution in [0.2, 0.25) is 0 Å². The molecule has 2 N–H and O–H groups in total. The van der Waals surface area contributed by atoms with Crippen molar-refractivity contribution in [2.24, 2.45) is 11.3 Å². The zero-order valence-corrected chi connectivity index (χ0v) is 9.62. The number of hydrogen-bond donors (Lipinski definition) is 2. The Kier molecular flexibility index (Phi) is 3.52. The lowest BCUT2D eigenvalue weighted by atomic mass is 10.1. The second-order valence-electron chi connectivity index (χ2n) is 4.68. The first-order chi connectivity index (χ1) is 7.38. The number of allylic oxidation sites excluding steroid dienone is 2. The van der Waals surface area contributed by atoms with Crippen LogP contribution in [0.1, 0.15) is 26.7 Å². The van der Waals surface area contributed by atoms with Gasteiger partial charge in [-0.2, -0.15) is 0 Å². The molecule has 88 valence electrons. The van der Waals surface area contributed by atoms with E-state index in [0.29, 0.717) is 6.42 Å². The Hall–Kier alpha value is -1.58. The number of carbonyl (C=O) groups is 2. The van der Waals surface area contributed by atoms with Crippen molar-refractivity contribution < 1.29 is 14.7 Å². The highest BCUT2D eigenvalue weighted by atomic mass is 16.4. The first-order valence-corrected chi connectivity index (χ1v) is 5.23. The van der Waals surface area contributed by atoms with Crippen molar-refractivity contribution in [3.63, 3.8) is 0 Å². The van der Waals surface area contributed by atoms with E-state index in [0.717, 1.165) is 6.42 Å². The predicted molar refractivity (Wildman–Crippen MR) is 60.6 cm³/mol. The quantitative estimate of drug-likeness (QED) is 0.550. The molecule has 0 aromatic carbocycles. The number of carbonyl (C=O) groups excluding carboxylic acids is 1. The first-order valence-electron chi connectivity index (χ1n) is 5.23. The Morgan fingerprint density at radius 2 is 2.12 bits per heavy atom. The lowest BCUT2D eigenvalue weighted by molar-refractivity contribution is -0.135. The maximum absolute atomic E-state index is 11.7. The van der Waals surface area contributed by atoms with Gasteiger partial charge in [-0.1, -0.05) is 19.9 Å². The second kappa shape index (κ2) is 4.51. The largest absolute Gasteiger partial charge is 0.477 e. The summed E-state index contributed by atoms with van der Waals surface area (Å²) < 4.78 is 0. The number of carboxylic acid groups (broad SMARTS) is 1. The molecule has 1 aliphatic carbocycles. The molecule has 4 nitrogen and oxygen atoms in total. The number of nitrogens with one attached hydrogen (secondary N) is 1. The Bertz CT molecular complexity index is 355. The molecule has 1 saturated carbocycles. The Labute approximate surface area is 95.0 Å². The van der Waals surface area contributed by atoms with Crippen molar-refractivity contribution in [2.75, 3.05) is 0 Å². The van der Waals surface area contributed by atoms with Crippen LogP contribution in [0.4, 0.5) is 0 Å². The maximum atomic E-state index is 11.7. The Morgan fingerprint density at radius 3 is 2.50 bits per heavy atom. The van der Waals surface area contributed by atoms with Crippen molar-refractivity contribution in [3.8, 4) is 0 Å². The van der Waals surface area contributed by atoms with Gasteiger partial charge in [-0.25, -0.2) is 4.79 Å². The van der Waals surface area contributed by atoms with Crippen LogP contribution >= 0.6 is 0 Å². The number of amides is 1. The number of rotatable bonds is 5. The number of carboxylic acids is 1. The second-order valence-corrected chi connectivity index (χ2v) is 4.68. The average molecular weight is 223 g/mol. The summed E-state index contributed by atoms with van der Waals surface area (Å²) in [5, 5.41) is 11.3. The summed E-state index contributed by atoms with van der Waals surface area (Å²) in [6.07, 6.45) is 4.27. The molecule has 0 spiro atoms. The maximum Gasteiger partial charge on any atom is 0.352 e. The third-order valence-electron chi connectivity index (χ3n) is 2.81. The van der Waals surface area contributed by atoms with Gasteiger partial charge in [0.05, 0.1) is 0 Å². The summed E-state index contributed by atoms with van der Waals surface area (Å²) >= 11 is 0. The van der Waals surface area contributed by atoms with Crippen LogP contribution < -0.4 is 5.32 Å². The van der Waals surface area contributed by atoms with Gasteiger partial charge in [0.2, 0.25) is 5.91 Å². The smallest absolute Gasteiger partial charge is 0.352 e. The van der Waals surface area contributed by atoms with Gasteiger partial charge in [-0.3, -0.25) is 4.79 Å². The number of aliphatic carboxylic acids is 1. The number of hydrogen-bond acceptors (Lipinski definition) is 2. The van der Waals surface area contributed by atoms with Gasteiger partial charge in [-0.05, 0) is 24.3 Å². The topological polar surface area (TPSA) is 66.4 Å². The fourth-order valence-corrected chi connectivity index (χ4v) is 1.53. The normalized spacial score (nSPS) is 22.4. The highest BCUT2D eigenvalue weighted by Crippen LogP contribution is 2.51. The van der Waals surface area contributed by atoms with Crippen molar-refractivity contribution >= 4 is 11.9 Å². The predicted octanol–water partition coefficient (Wildman–Crippen LogP) is 1.69. The van der Waals surface area contributed by atoms with E-state index >= 15 is 0 Å². The van der Waals surface area contributed by atoms with E-state index in [1.54, 1.807) is 6.08 Å². The van der Waals surface area contributed by atoms with Crippen LogP contribution in [0.15, 0.2) is 24.4 Å². The Balaban J connectivity index is 2.60. The minimum absolute atomic E-state index is 0.00608. The summed E-state index contributed by atoms with van der Waals surface area (Å²) in [7, 11) is 0. The molecule has 16 heavy (non-hydrogen) atoms. The summed E-state index contributed by atoms with van der Waals surface area (Å²) in [5.41, 5.74) is -0.0563. The van der Waals surface area contributed by atoms with E-state index in [-0.39, 0.29) is 22.9 Å². The molecule has 1 fully saturated rings. The summed E-state index contributed by atoms with van der Waals surface area (Å²) in [6, 6.07) is 0. The van der Waals surface area contributed by atoms with Gasteiger partial charge in [-0.15, -0.1) is 6.58 Å². The summed E-state index contributed by atoms with van der Waals surface area (Å²) in [4.78, 5) is 22.5. The van der Waals surface area contributed by atoms with Crippen LogP contribution in [-0.4, -0.2) is 17.0 Å². The van der Waals surface area contributed by atoms with E-state index in [4.69, 9.17) is 5.11 Å². The van der Waals surface area contributed by atoms with Crippen LogP contribution in [0.5, 0.6) is 0 Å². The highest BCUT2D eigenvalue weighted by Gasteiger charge is 2.50. The molecule has 0 heterocycles. The molecule has 1 aliphatic rings. The van der Waals surface area contributed by atoms with Crippen molar-refractivity contribution in [2.45, 2.75) is 26.7 Å². The molecule has 0 aromatic rings. The highest BCUT2D eigenvalue weighted by molar-refractivity contribution is 5.94. The first kappa shape index (κ1) is 12.5.